The van der Waals surface area contributed by atoms with Crippen LogP contribution < -0.4 is 0 Å². The number of likely N-dealkylation sites (tertiary alicyclic amines) is 1. The second-order valence-corrected chi connectivity index (χ2v) is 8.23. The van der Waals surface area contributed by atoms with Gasteiger partial charge >= 0.3 is 0 Å². The van der Waals surface area contributed by atoms with Crippen molar-refractivity contribution < 1.29 is 4.84 Å². The summed E-state index contributed by atoms with van der Waals surface area (Å²) in [5.74, 6) is 0.506. The molecule has 3 aromatic carbocycles. The van der Waals surface area contributed by atoms with Crippen molar-refractivity contribution in [2.45, 2.75) is 32.5 Å². The van der Waals surface area contributed by atoms with E-state index in [0.29, 0.717) is 6.61 Å². The summed E-state index contributed by atoms with van der Waals surface area (Å²) in [7, 11) is 2.24. The van der Waals surface area contributed by atoms with Crippen LogP contribution in [-0.4, -0.2) is 17.7 Å². The fourth-order valence-electron chi connectivity index (χ4n) is 4.89. The summed E-state index contributed by atoms with van der Waals surface area (Å²) in [6.07, 6.45) is 0. The first-order chi connectivity index (χ1) is 14.7. The zero-order valence-corrected chi connectivity index (χ0v) is 18.0. The zero-order valence-electron chi connectivity index (χ0n) is 18.0. The predicted octanol–water partition coefficient (Wildman–Crippen LogP) is 6.26. The molecule has 0 radical (unpaired) electrons. The molecule has 3 nitrogen and oxygen atoms in total. The fraction of sp³-hybridized carbons (Fsp3) is 0.296. The van der Waals surface area contributed by atoms with Crippen LogP contribution in [0, 0.1) is 11.8 Å². The molecule has 4 unspecified atom stereocenters. The lowest BCUT2D eigenvalue weighted by Gasteiger charge is -2.47. The van der Waals surface area contributed by atoms with Crippen molar-refractivity contribution in [1.82, 2.24) is 4.90 Å². The molecule has 0 aliphatic carbocycles. The van der Waals surface area contributed by atoms with Crippen LogP contribution >= 0.6 is 0 Å². The molecular formula is C27H30N2O. The van der Waals surface area contributed by atoms with Gasteiger partial charge in [-0.05, 0) is 23.7 Å². The fourth-order valence-corrected chi connectivity index (χ4v) is 4.89. The SMILES string of the molecule is CC1C(=NOCc2ccccc2)C(C)C(c2ccccc2)N(C)C1c1ccccc1. The molecule has 0 aromatic heterocycles. The molecule has 1 heterocycles. The minimum atomic E-state index is 0.242. The van der Waals surface area contributed by atoms with Crippen LogP contribution in [0.4, 0.5) is 0 Å². The Balaban J connectivity index is 1.68. The standard InChI is InChI=1S/C27H30N2O/c1-20-25(28-30-19-22-13-7-4-8-14-22)21(2)27(24-17-11-6-12-18-24)29(3)26(20)23-15-9-5-10-16-23/h4-18,20-21,26-27H,19H2,1-3H3. The third-order valence-electron chi connectivity index (χ3n) is 6.28. The minimum Gasteiger partial charge on any atom is -0.391 e. The van der Waals surface area contributed by atoms with E-state index in [1.165, 1.54) is 11.1 Å². The van der Waals surface area contributed by atoms with Crippen LogP contribution in [0.5, 0.6) is 0 Å². The van der Waals surface area contributed by atoms with E-state index in [-0.39, 0.29) is 23.9 Å². The Morgan fingerprint density at radius 2 is 1.13 bits per heavy atom. The monoisotopic (exact) mass is 398 g/mol. The largest absolute Gasteiger partial charge is 0.391 e. The van der Waals surface area contributed by atoms with E-state index in [4.69, 9.17) is 9.99 Å². The van der Waals surface area contributed by atoms with Gasteiger partial charge in [0, 0.05) is 23.9 Å². The van der Waals surface area contributed by atoms with Gasteiger partial charge in [-0.2, -0.15) is 0 Å². The van der Waals surface area contributed by atoms with Crippen molar-refractivity contribution in [1.29, 1.82) is 0 Å². The Morgan fingerprint density at radius 1 is 0.700 bits per heavy atom. The summed E-state index contributed by atoms with van der Waals surface area (Å²) in [5.41, 5.74) is 4.90. The van der Waals surface area contributed by atoms with Gasteiger partial charge in [0.2, 0.25) is 0 Å². The van der Waals surface area contributed by atoms with Crippen LogP contribution in [0.2, 0.25) is 0 Å². The van der Waals surface area contributed by atoms with Crippen LogP contribution in [-0.2, 0) is 11.4 Å². The van der Waals surface area contributed by atoms with Gasteiger partial charge in [-0.15, -0.1) is 0 Å². The van der Waals surface area contributed by atoms with E-state index in [2.05, 4.69) is 98.6 Å². The van der Waals surface area contributed by atoms with E-state index >= 15 is 0 Å². The van der Waals surface area contributed by atoms with Crippen molar-refractivity contribution in [3.8, 4) is 0 Å². The van der Waals surface area contributed by atoms with Crippen LogP contribution in [0.3, 0.4) is 0 Å². The maximum Gasteiger partial charge on any atom is 0.142 e. The summed E-state index contributed by atoms with van der Waals surface area (Å²) >= 11 is 0. The van der Waals surface area contributed by atoms with E-state index in [1.807, 2.05) is 18.2 Å². The normalized spacial score (nSPS) is 24.4. The van der Waals surface area contributed by atoms with Crippen molar-refractivity contribution >= 4 is 5.71 Å². The molecule has 4 rings (SSSR count). The lowest BCUT2D eigenvalue weighted by Crippen LogP contribution is -2.47. The Bertz CT molecular complexity index is 900. The molecule has 3 aromatic rings. The summed E-state index contributed by atoms with van der Waals surface area (Å²) in [6.45, 7) is 5.04. The molecule has 1 fully saturated rings. The number of hydrogen-bond acceptors (Lipinski definition) is 3. The first-order valence-corrected chi connectivity index (χ1v) is 10.7. The van der Waals surface area contributed by atoms with Gasteiger partial charge in [0.05, 0.1) is 5.71 Å². The van der Waals surface area contributed by atoms with Crippen molar-refractivity contribution in [3.05, 3.63) is 108 Å². The van der Waals surface area contributed by atoms with Crippen molar-refractivity contribution in [2.24, 2.45) is 17.0 Å². The molecule has 30 heavy (non-hydrogen) atoms. The van der Waals surface area contributed by atoms with Crippen molar-refractivity contribution in [2.75, 3.05) is 7.05 Å². The molecule has 0 bridgehead atoms. The molecule has 0 saturated carbocycles. The lowest BCUT2D eigenvalue weighted by molar-refractivity contribution is 0.0847. The van der Waals surface area contributed by atoms with Crippen LogP contribution in [0.25, 0.3) is 0 Å². The Kier molecular flexibility index (Phi) is 6.29. The predicted molar refractivity (Wildman–Crippen MR) is 123 cm³/mol. The highest BCUT2D eigenvalue weighted by Crippen LogP contribution is 2.45. The molecular weight excluding hydrogens is 368 g/mol. The number of hydrogen-bond donors (Lipinski definition) is 0. The van der Waals surface area contributed by atoms with Gasteiger partial charge in [0.1, 0.15) is 6.61 Å². The molecule has 0 amide bonds. The number of oxime groups is 1. The summed E-state index contributed by atoms with van der Waals surface area (Å²) in [6, 6.07) is 32.2. The highest BCUT2D eigenvalue weighted by molar-refractivity contribution is 5.90. The number of benzene rings is 3. The second kappa shape index (κ2) is 9.27. The van der Waals surface area contributed by atoms with Crippen LogP contribution in [0.15, 0.2) is 96.2 Å². The van der Waals surface area contributed by atoms with E-state index < -0.39 is 0 Å². The number of piperidine rings is 1. The molecule has 4 atom stereocenters. The summed E-state index contributed by atoms with van der Waals surface area (Å²) < 4.78 is 0. The Labute approximate surface area is 180 Å². The molecule has 154 valence electrons. The van der Waals surface area contributed by atoms with Crippen molar-refractivity contribution in [3.63, 3.8) is 0 Å². The van der Waals surface area contributed by atoms with Gasteiger partial charge in [-0.25, -0.2) is 0 Å². The number of rotatable bonds is 5. The minimum absolute atomic E-state index is 0.242. The Morgan fingerprint density at radius 3 is 1.60 bits per heavy atom. The van der Waals surface area contributed by atoms with Crippen LogP contribution in [0.1, 0.15) is 42.6 Å². The summed E-state index contributed by atoms with van der Waals surface area (Å²) in [5, 5.41) is 4.72. The molecule has 3 heteroatoms. The lowest BCUT2D eigenvalue weighted by atomic mass is 9.74. The topological polar surface area (TPSA) is 24.8 Å². The van der Waals surface area contributed by atoms with E-state index in [0.717, 1.165) is 11.3 Å². The second-order valence-electron chi connectivity index (χ2n) is 8.23. The van der Waals surface area contributed by atoms with Gasteiger partial charge in [-0.1, -0.05) is 110 Å². The molecule has 1 aliphatic heterocycles. The smallest absolute Gasteiger partial charge is 0.142 e. The highest BCUT2D eigenvalue weighted by Gasteiger charge is 2.43. The molecule has 0 N–H and O–H groups in total. The number of nitrogens with zero attached hydrogens (tertiary/aromatic N) is 2. The van der Waals surface area contributed by atoms with Gasteiger partial charge < -0.3 is 4.84 Å². The third kappa shape index (κ3) is 4.17. The van der Waals surface area contributed by atoms with Gasteiger partial charge in [-0.3, -0.25) is 4.90 Å². The van der Waals surface area contributed by atoms with E-state index in [9.17, 15) is 0 Å². The maximum atomic E-state index is 5.87. The highest BCUT2D eigenvalue weighted by atomic mass is 16.6. The van der Waals surface area contributed by atoms with E-state index in [1.54, 1.807) is 0 Å². The third-order valence-corrected chi connectivity index (χ3v) is 6.28. The zero-order chi connectivity index (χ0) is 20.9. The molecule has 1 aliphatic rings. The molecule has 1 saturated heterocycles. The maximum absolute atomic E-state index is 5.87. The average Bonchev–Trinajstić information content (AvgIpc) is 2.78. The van der Waals surface area contributed by atoms with Gasteiger partial charge in [0.15, 0.2) is 0 Å². The first kappa shape index (κ1) is 20.4. The Hall–Kier alpha value is -2.91. The summed E-state index contributed by atoms with van der Waals surface area (Å²) in [4.78, 5) is 8.38. The molecule has 0 spiro atoms. The average molecular weight is 399 g/mol. The van der Waals surface area contributed by atoms with Gasteiger partial charge in [0.25, 0.3) is 0 Å². The first-order valence-electron chi connectivity index (χ1n) is 10.7. The quantitative estimate of drug-likeness (QED) is 0.474.